The Hall–Kier alpha value is -2.08. The SMILES string of the molecule is COC(=O)/N=C1\C(c2ccccc2Cl)N(C)C(c2ccccc2Cl)N1C. The van der Waals surface area contributed by atoms with Crippen LogP contribution in [0.4, 0.5) is 4.79 Å². The van der Waals surface area contributed by atoms with Gasteiger partial charge in [-0.3, -0.25) is 4.90 Å². The number of nitrogens with zero attached hydrogens (tertiary/aromatic N) is 3. The standard InChI is InChI=1S/C19H19Cl2N3O2/c1-23-16(12-8-4-6-10-14(12)20)17(22-19(25)26-3)24(2)18(23)13-9-5-7-11-15(13)21/h4-11,16,18H,1-3H3/b22-17+. The van der Waals surface area contributed by atoms with E-state index in [1.807, 2.05) is 67.5 Å². The fourth-order valence-electron chi connectivity index (χ4n) is 3.36. The molecule has 2 atom stereocenters. The van der Waals surface area contributed by atoms with Crippen LogP contribution in [-0.4, -0.2) is 42.9 Å². The molecule has 1 aliphatic heterocycles. The van der Waals surface area contributed by atoms with E-state index in [1.54, 1.807) is 0 Å². The van der Waals surface area contributed by atoms with Gasteiger partial charge in [0.15, 0.2) is 0 Å². The van der Waals surface area contributed by atoms with Crippen LogP contribution in [0.3, 0.4) is 0 Å². The van der Waals surface area contributed by atoms with Gasteiger partial charge in [0.1, 0.15) is 12.0 Å². The molecule has 0 bridgehead atoms. The van der Waals surface area contributed by atoms with E-state index in [1.165, 1.54) is 7.11 Å². The number of aliphatic imine (C=N–C) groups is 1. The summed E-state index contributed by atoms with van der Waals surface area (Å²) >= 11 is 12.9. The van der Waals surface area contributed by atoms with Crippen molar-refractivity contribution in [1.82, 2.24) is 9.80 Å². The van der Waals surface area contributed by atoms with Gasteiger partial charge in [0, 0.05) is 22.7 Å². The number of hydrogen-bond acceptors (Lipinski definition) is 3. The van der Waals surface area contributed by atoms with Gasteiger partial charge < -0.3 is 9.64 Å². The summed E-state index contributed by atoms with van der Waals surface area (Å²) in [5.41, 5.74) is 1.78. The van der Waals surface area contributed by atoms with Gasteiger partial charge in [-0.15, -0.1) is 0 Å². The summed E-state index contributed by atoms with van der Waals surface area (Å²) in [6, 6.07) is 14.8. The molecule has 5 nitrogen and oxygen atoms in total. The van der Waals surface area contributed by atoms with Crippen LogP contribution in [0.1, 0.15) is 23.3 Å². The first-order valence-electron chi connectivity index (χ1n) is 8.06. The minimum atomic E-state index is -0.655. The van der Waals surface area contributed by atoms with Crippen molar-refractivity contribution in [2.75, 3.05) is 21.2 Å². The lowest BCUT2D eigenvalue weighted by Gasteiger charge is -2.28. The van der Waals surface area contributed by atoms with E-state index in [2.05, 4.69) is 9.89 Å². The molecule has 0 N–H and O–H groups in total. The predicted molar refractivity (Wildman–Crippen MR) is 104 cm³/mol. The number of amidine groups is 1. The van der Waals surface area contributed by atoms with Crippen LogP contribution < -0.4 is 0 Å². The van der Waals surface area contributed by atoms with Crippen molar-refractivity contribution in [3.63, 3.8) is 0 Å². The van der Waals surface area contributed by atoms with E-state index in [0.717, 1.165) is 11.1 Å². The maximum atomic E-state index is 11.9. The van der Waals surface area contributed by atoms with Gasteiger partial charge in [-0.1, -0.05) is 59.6 Å². The molecule has 1 fully saturated rings. The van der Waals surface area contributed by atoms with Crippen molar-refractivity contribution in [2.24, 2.45) is 4.99 Å². The van der Waals surface area contributed by atoms with Crippen LogP contribution in [0.25, 0.3) is 0 Å². The molecule has 2 aromatic rings. The maximum Gasteiger partial charge on any atom is 0.435 e. The summed E-state index contributed by atoms with van der Waals surface area (Å²) in [6.07, 6.45) is -0.856. The first-order valence-corrected chi connectivity index (χ1v) is 8.81. The number of carbonyl (C=O) groups is 1. The monoisotopic (exact) mass is 391 g/mol. The number of carbonyl (C=O) groups excluding carboxylic acids is 1. The third-order valence-electron chi connectivity index (χ3n) is 4.53. The van der Waals surface area contributed by atoms with Crippen LogP contribution in [0.15, 0.2) is 53.5 Å². The van der Waals surface area contributed by atoms with Crippen molar-refractivity contribution >= 4 is 35.1 Å². The molecule has 2 unspecified atom stereocenters. The molecule has 7 heteroatoms. The molecule has 0 saturated carbocycles. The summed E-state index contributed by atoms with van der Waals surface area (Å²) < 4.78 is 4.74. The Bertz CT molecular complexity index is 856. The number of rotatable bonds is 2. The summed E-state index contributed by atoms with van der Waals surface area (Å²) in [7, 11) is 5.14. The fourth-order valence-corrected chi connectivity index (χ4v) is 3.83. The second-order valence-electron chi connectivity index (χ2n) is 6.04. The van der Waals surface area contributed by atoms with Crippen molar-refractivity contribution in [2.45, 2.75) is 12.2 Å². The molecular formula is C19H19Cl2N3O2. The Morgan fingerprint density at radius 3 is 2.08 bits per heavy atom. The Labute approximate surface area is 162 Å². The first kappa shape index (κ1) is 18.7. The molecular weight excluding hydrogens is 373 g/mol. The second kappa shape index (κ2) is 7.66. The van der Waals surface area contributed by atoms with E-state index >= 15 is 0 Å². The van der Waals surface area contributed by atoms with Crippen LogP contribution in [-0.2, 0) is 4.74 Å². The quantitative estimate of drug-likeness (QED) is 0.738. The van der Waals surface area contributed by atoms with Gasteiger partial charge in [0.2, 0.25) is 0 Å². The Morgan fingerprint density at radius 1 is 1.00 bits per heavy atom. The van der Waals surface area contributed by atoms with Gasteiger partial charge in [0.25, 0.3) is 0 Å². The lowest BCUT2D eigenvalue weighted by molar-refractivity contribution is 0.176. The van der Waals surface area contributed by atoms with Gasteiger partial charge in [-0.2, -0.15) is 4.99 Å². The normalized spacial score (nSPS) is 22.0. The molecule has 0 radical (unpaired) electrons. The highest BCUT2D eigenvalue weighted by Gasteiger charge is 2.43. The molecule has 136 valence electrons. The van der Waals surface area contributed by atoms with Crippen molar-refractivity contribution in [3.05, 3.63) is 69.7 Å². The minimum absolute atomic E-state index is 0.201. The number of hydrogen-bond donors (Lipinski definition) is 0. The van der Waals surface area contributed by atoms with Gasteiger partial charge in [-0.05, 0) is 24.7 Å². The Morgan fingerprint density at radius 2 is 1.54 bits per heavy atom. The molecule has 0 spiro atoms. The van der Waals surface area contributed by atoms with Gasteiger partial charge in [0.05, 0.1) is 13.2 Å². The average molecular weight is 392 g/mol. The second-order valence-corrected chi connectivity index (χ2v) is 6.85. The highest BCUT2D eigenvalue weighted by Crippen LogP contribution is 2.43. The minimum Gasteiger partial charge on any atom is -0.451 e. The van der Waals surface area contributed by atoms with Crippen LogP contribution in [0, 0.1) is 0 Å². The number of benzene rings is 2. The predicted octanol–water partition coefficient (Wildman–Crippen LogP) is 4.78. The van der Waals surface area contributed by atoms with Crippen molar-refractivity contribution in [1.29, 1.82) is 0 Å². The first-order chi connectivity index (χ1) is 12.5. The third kappa shape index (κ3) is 3.30. The fraction of sp³-hybridized carbons (Fsp3) is 0.263. The van der Waals surface area contributed by atoms with E-state index in [0.29, 0.717) is 15.9 Å². The lowest BCUT2D eigenvalue weighted by atomic mass is 10.1. The lowest BCUT2D eigenvalue weighted by Crippen LogP contribution is -2.27. The summed E-state index contributed by atoms with van der Waals surface area (Å²) in [6.45, 7) is 0. The molecule has 2 aromatic carbocycles. The highest BCUT2D eigenvalue weighted by molar-refractivity contribution is 6.32. The van der Waals surface area contributed by atoms with Crippen LogP contribution in [0.5, 0.6) is 0 Å². The molecule has 1 aliphatic rings. The smallest absolute Gasteiger partial charge is 0.435 e. The summed E-state index contributed by atoms with van der Waals surface area (Å²) in [4.78, 5) is 20.1. The topological polar surface area (TPSA) is 45.1 Å². The molecule has 26 heavy (non-hydrogen) atoms. The number of halogens is 2. The van der Waals surface area contributed by atoms with E-state index < -0.39 is 6.09 Å². The Balaban J connectivity index is 2.15. The number of likely N-dealkylation sites (N-methyl/N-ethyl adjacent to an activating group) is 2. The molecule has 3 rings (SSSR count). The van der Waals surface area contributed by atoms with Gasteiger partial charge >= 0.3 is 6.09 Å². The molecule has 0 aliphatic carbocycles. The Kier molecular flexibility index (Phi) is 5.51. The molecule has 1 amide bonds. The average Bonchev–Trinajstić information content (AvgIpc) is 2.86. The van der Waals surface area contributed by atoms with Gasteiger partial charge in [-0.25, -0.2) is 4.79 Å². The highest BCUT2D eigenvalue weighted by atomic mass is 35.5. The number of ether oxygens (including phenoxy) is 1. The summed E-state index contributed by atoms with van der Waals surface area (Å²) in [5, 5.41) is 1.25. The zero-order valence-electron chi connectivity index (χ0n) is 14.7. The largest absolute Gasteiger partial charge is 0.451 e. The zero-order valence-corrected chi connectivity index (χ0v) is 16.2. The third-order valence-corrected chi connectivity index (χ3v) is 5.22. The zero-order chi connectivity index (χ0) is 18.8. The molecule has 1 heterocycles. The van der Waals surface area contributed by atoms with Crippen molar-refractivity contribution in [3.8, 4) is 0 Å². The van der Waals surface area contributed by atoms with E-state index in [4.69, 9.17) is 27.9 Å². The van der Waals surface area contributed by atoms with Crippen LogP contribution in [0.2, 0.25) is 10.0 Å². The van der Waals surface area contributed by atoms with Crippen molar-refractivity contribution < 1.29 is 9.53 Å². The van der Waals surface area contributed by atoms with E-state index in [-0.39, 0.29) is 12.2 Å². The van der Waals surface area contributed by atoms with Crippen LogP contribution >= 0.6 is 23.2 Å². The summed E-state index contributed by atoms with van der Waals surface area (Å²) in [5.74, 6) is 0.553. The van der Waals surface area contributed by atoms with E-state index in [9.17, 15) is 4.79 Å². The molecule has 0 aromatic heterocycles. The number of methoxy groups -OCH3 is 1. The maximum absolute atomic E-state index is 11.9. The molecule has 1 saturated heterocycles. The number of amides is 1.